The minimum absolute atomic E-state index is 0.265. The highest BCUT2D eigenvalue weighted by Gasteiger charge is 2.45. The molecule has 13 heavy (non-hydrogen) atoms. The van der Waals surface area contributed by atoms with Crippen molar-refractivity contribution < 1.29 is 4.79 Å². The number of amides is 1. The van der Waals surface area contributed by atoms with E-state index in [0.717, 1.165) is 24.8 Å². The zero-order valence-corrected chi connectivity index (χ0v) is 8.60. The summed E-state index contributed by atoms with van der Waals surface area (Å²) in [5.41, 5.74) is 0.314. The van der Waals surface area contributed by atoms with Crippen molar-refractivity contribution in [2.45, 2.75) is 39.5 Å². The van der Waals surface area contributed by atoms with Gasteiger partial charge in [0.25, 0.3) is 0 Å². The Morgan fingerprint density at radius 3 is 2.77 bits per heavy atom. The smallest absolute Gasteiger partial charge is 0.220 e. The number of hydrogen-bond donors (Lipinski definition) is 1. The molecule has 0 aromatic heterocycles. The fourth-order valence-corrected chi connectivity index (χ4v) is 3.05. The molecule has 3 unspecified atom stereocenters. The second-order valence-corrected chi connectivity index (χ2v) is 5.10. The first kappa shape index (κ1) is 9.04. The van der Waals surface area contributed by atoms with Crippen LogP contribution in [0.25, 0.3) is 0 Å². The lowest BCUT2D eigenvalue weighted by Gasteiger charge is -2.41. The molecule has 0 aromatic carbocycles. The second-order valence-electron chi connectivity index (χ2n) is 5.10. The molecule has 1 saturated heterocycles. The SMILES string of the molecule is CC1CCC(C)C2(CNC(=O)C2)C1. The van der Waals surface area contributed by atoms with Crippen LogP contribution in [0.5, 0.6) is 0 Å². The minimum Gasteiger partial charge on any atom is -0.356 e. The third-order valence-electron chi connectivity index (χ3n) is 4.04. The van der Waals surface area contributed by atoms with Gasteiger partial charge in [-0.25, -0.2) is 0 Å². The van der Waals surface area contributed by atoms with Crippen molar-refractivity contribution in [3.8, 4) is 0 Å². The molecule has 1 saturated carbocycles. The van der Waals surface area contributed by atoms with Gasteiger partial charge in [-0.15, -0.1) is 0 Å². The van der Waals surface area contributed by atoms with E-state index in [-0.39, 0.29) is 5.91 Å². The van der Waals surface area contributed by atoms with Crippen molar-refractivity contribution in [1.29, 1.82) is 0 Å². The molecule has 1 aliphatic heterocycles. The molecule has 2 fully saturated rings. The summed E-state index contributed by atoms with van der Waals surface area (Å²) in [6.07, 6.45) is 4.67. The topological polar surface area (TPSA) is 29.1 Å². The van der Waals surface area contributed by atoms with Gasteiger partial charge in [0.15, 0.2) is 0 Å². The Balaban J connectivity index is 2.14. The van der Waals surface area contributed by atoms with Crippen molar-refractivity contribution >= 4 is 5.91 Å². The van der Waals surface area contributed by atoms with Gasteiger partial charge in [0.1, 0.15) is 0 Å². The molecule has 1 heterocycles. The standard InChI is InChI=1S/C11H19NO/c1-8-3-4-9(2)11(5-8)6-10(13)12-7-11/h8-9H,3-7H2,1-2H3,(H,12,13). The van der Waals surface area contributed by atoms with Crippen LogP contribution < -0.4 is 5.32 Å². The molecule has 2 nitrogen and oxygen atoms in total. The summed E-state index contributed by atoms with van der Waals surface area (Å²) < 4.78 is 0. The summed E-state index contributed by atoms with van der Waals surface area (Å²) in [6.45, 7) is 5.56. The predicted molar refractivity (Wildman–Crippen MR) is 52.2 cm³/mol. The van der Waals surface area contributed by atoms with Gasteiger partial charge in [0.2, 0.25) is 5.91 Å². The average molecular weight is 181 g/mol. The van der Waals surface area contributed by atoms with Crippen LogP contribution in [-0.4, -0.2) is 12.5 Å². The van der Waals surface area contributed by atoms with E-state index in [2.05, 4.69) is 19.2 Å². The van der Waals surface area contributed by atoms with Crippen molar-refractivity contribution in [2.75, 3.05) is 6.54 Å². The van der Waals surface area contributed by atoms with E-state index >= 15 is 0 Å². The van der Waals surface area contributed by atoms with Gasteiger partial charge >= 0.3 is 0 Å². The number of carbonyl (C=O) groups is 1. The van der Waals surface area contributed by atoms with Gasteiger partial charge in [-0.3, -0.25) is 4.79 Å². The van der Waals surface area contributed by atoms with Crippen LogP contribution in [0.2, 0.25) is 0 Å². The van der Waals surface area contributed by atoms with E-state index in [9.17, 15) is 4.79 Å². The molecule has 2 aliphatic rings. The first-order valence-electron chi connectivity index (χ1n) is 5.39. The van der Waals surface area contributed by atoms with Gasteiger partial charge in [-0.2, -0.15) is 0 Å². The van der Waals surface area contributed by atoms with Crippen LogP contribution >= 0.6 is 0 Å². The van der Waals surface area contributed by atoms with Crippen LogP contribution in [0.15, 0.2) is 0 Å². The van der Waals surface area contributed by atoms with Crippen LogP contribution in [-0.2, 0) is 4.79 Å². The van der Waals surface area contributed by atoms with Crippen LogP contribution in [0, 0.1) is 17.3 Å². The molecule has 0 bridgehead atoms. The largest absolute Gasteiger partial charge is 0.356 e. The molecule has 2 heteroatoms. The lowest BCUT2D eigenvalue weighted by Crippen LogP contribution is -2.36. The van der Waals surface area contributed by atoms with Gasteiger partial charge in [-0.1, -0.05) is 20.3 Å². The summed E-state index contributed by atoms with van der Waals surface area (Å²) in [5, 5.41) is 2.99. The zero-order chi connectivity index (χ0) is 9.47. The molecule has 3 atom stereocenters. The fraction of sp³-hybridized carbons (Fsp3) is 0.909. The Morgan fingerprint density at radius 1 is 1.38 bits per heavy atom. The molecule has 2 rings (SSSR count). The Labute approximate surface area is 80.1 Å². The Bertz CT molecular complexity index is 226. The zero-order valence-electron chi connectivity index (χ0n) is 8.60. The lowest BCUT2D eigenvalue weighted by molar-refractivity contribution is -0.120. The molecule has 0 aromatic rings. The van der Waals surface area contributed by atoms with Crippen molar-refractivity contribution in [1.82, 2.24) is 5.32 Å². The summed E-state index contributed by atoms with van der Waals surface area (Å²) in [7, 11) is 0. The Kier molecular flexibility index (Phi) is 2.09. The van der Waals surface area contributed by atoms with Crippen LogP contribution in [0.4, 0.5) is 0 Å². The van der Waals surface area contributed by atoms with Gasteiger partial charge in [0, 0.05) is 13.0 Å². The van der Waals surface area contributed by atoms with Crippen LogP contribution in [0.1, 0.15) is 39.5 Å². The van der Waals surface area contributed by atoms with Crippen LogP contribution in [0.3, 0.4) is 0 Å². The summed E-state index contributed by atoms with van der Waals surface area (Å²) in [4.78, 5) is 11.3. The highest BCUT2D eigenvalue weighted by molar-refractivity contribution is 5.79. The second kappa shape index (κ2) is 3.00. The summed E-state index contributed by atoms with van der Waals surface area (Å²) in [6, 6.07) is 0. The first-order valence-corrected chi connectivity index (χ1v) is 5.39. The van der Waals surface area contributed by atoms with E-state index in [4.69, 9.17) is 0 Å². The van der Waals surface area contributed by atoms with E-state index in [0.29, 0.717) is 5.41 Å². The maximum Gasteiger partial charge on any atom is 0.220 e. The predicted octanol–water partition coefficient (Wildman–Crippen LogP) is 1.95. The molecule has 1 spiro atoms. The molecule has 74 valence electrons. The molecule has 1 amide bonds. The van der Waals surface area contributed by atoms with E-state index in [1.807, 2.05) is 0 Å². The van der Waals surface area contributed by atoms with Gasteiger partial charge in [-0.05, 0) is 30.1 Å². The quantitative estimate of drug-likeness (QED) is 0.608. The van der Waals surface area contributed by atoms with E-state index < -0.39 is 0 Å². The molecule has 0 radical (unpaired) electrons. The highest BCUT2D eigenvalue weighted by Crippen LogP contribution is 2.47. The summed E-state index contributed by atoms with van der Waals surface area (Å²) >= 11 is 0. The van der Waals surface area contributed by atoms with Crippen molar-refractivity contribution in [3.05, 3.63) is 0 Å². The number of nitrogens with one attached hydrogen (secondary N) is 1. The van der Waals surface area contributed by atoms with Gasteiger partial charge < -0.3 is 5.32 Å². The van der Waals surface area contributed by atoms with Crippen molar-refractivity contribution in [2.24, 2.45) is 17.3 Å². The van der Waals surface area contributed by atoms with E-state index in [1.54, 1.807) is 0 Å². The number of carbonyl (C=O) groups excluding carboxylic acids is 1. The monoisotopic (exact) mass is 181 g/mol. The number of rotatable bonds is 0. The Hall–Kier alpha value is -0.530. The molecular weight excluding hydrogens is 162 g/mol. The first-order chi connectivity index (χ1) is 6.12. The number of hydrogen-bond acceptors (Lipinski definition) is 1. The minimum atomic E-state index is 0.265. The van der Waals surface area contributed by atoms with E-state index in [1.165, 1.54) is 19.3 Å². The maximum absolute atomic E-state index is 11.3. The Morgan fingerprint density at radius 2 is 2.15 bits per heavy atom. The third-order valence-corrected chi connectivity index (χ3v) is 4.04. The highest BCUT2D eigenvalue weighted by atomic mass is 16.1. The summed E-state index contributed by atoms with van der Waals surface area (Å²) in [5.74, 6) is 1.80. The van der Waals surface area contributed by atoms with Crippen molar-refractivity contribution in [3.63, 3.8) is 0 Å². The van der Waals surface area contributed by atoms with Gasteiger partial charge in [0.05, 0.1) is 0 Å². The molecular formula is C11H19NO. The third kappa shape index (κ3) is 1.47. The molecule has 1 N–H and O–H groups in total. The fourth-order valence-electron chi connectivity index (χ4n) is 3.05. The normalized spacial score (nSPS) is 45.2. The maximum atomic E-state index is 11.3. The lowest BCUT2D eigenvalue weighted by atomic mass is 9.63. The average Bonchev–Trinajstić information content (AvgIpc) is 2.42. The molecule has 1 aliphatic carbocycles.